The molecule has 0 radical (unpaired) electrons. The van der Waals surface area contributed by atoms with E-state index in [0.29, 0.717) is 0 Å². The van der Waals surface area contributed by atoms with Crippen LogP contribution in [0.3, 0.4) is 0 Å². The van der Waals surface area contributed by atoms with Gasteiger partial charge in [-0.1, -0.05) is 30.3 Å². The number of hydrogen-bond donors (Lipinski definition) is 0. The Bertz CT molecular complexity index is 549. The van der Waals surface area contributed by atoms with Gasteiger partial charge in [0.15, 0.2) is 11.6 Å². The molecular weight excluding hydrogens is 219 g/mol. The fraction of sp³-hybridized carbons (Fsp3) is 0.0769. The van der Waals surface area contributed by atoms with Crippen molar-refractivity contribution in [3.05, 3.63) is 59.7 Å². The van der Waals surface area contributed by atoms with Gasteiger partial charge < -0.3 is 4.74 Å². The zero-order valence-corrected chi connectivity index (χ0v) is 8.93. The zero-order chi connectivity index (χ0) is 12.1. The Balaban J connectivity index is 2.12. The topological polar surface area (TPSA) is 45.9 Å². The maximum atomic E-state index is 13.3. The molecule has 0 fully saturated rings. The van der Waals surface area contributed by atoms with Crippen molar-refractivity contribution in [2.45, 2.75) is 6.61 Å². The van der Waals surface area contributed by atoms with Crippen LogP contribution in [-0.4, -0.2) is 4.98 Å². The van der Waals surface area contributed by atoms with Gasteiger partial charge in [-0.25, -0.2) is 9.37 Å². The molecule has 0 atom stereocenters. The fourth-order valence-corrected chi connectivity index (χ4v) is 1.33. The Morgan fingerprint density at radius 2 is 2.06 bits per heavy atom. The van der Waals surface area contributed by atoms with Crippen LogP contribution in [0.1, 0.15) is 11.3 Å². The van der Waals surface area contributed by atoms with E-state index in [0.717, 1.165) is 11.8 Å². The van der Waals surface area contributed by atoms with Gasteiger partial charge in [-0.2, -0.15) is 5.26 Å². The molecule has 0 saturated heterocycles. The third-order valence-electron chi connectivity index (χ3n) is 2.17. The van der Waals surface area contributed by atoms with Crippen LogP contribution < -0.4 is 4.74 Å². The summed E-state index contributed by atoms with van der Waals surface area (Å²) in [6.45, 7) is 0.257. The van der Waals surface area contributed by atoms with Gasteiger partial charge in [0, 0.05) is 6.07 Å². The minimum Gasteiger partial charge on any atom is -0.486 e. The van der Waals surface area contributed by atoms with Gasteiger partial charge >= 0.3 is 0 Å². The molecule has 0 aliphatic carbocycles. The second-order valence-electron chi connectivity index (χ2n) is 3.39. The first-order valence-electron chi connectivity index (χ1n) is 5.02. The first-order chi connectivity index (χ1) is 8.29. The van der Waals surface area contributed by atoms with E-state index in [4.69, 9.17) is 10.00 Å². The van der Waals surface area contributed by atoms with Crippen LogP contribution in [0.2, 0.25) is 0 Å². The van der Waals surface area contributed by atoms with Gasteiger partial charge in [0.05, 0.1) is 6.20 Å². The molecule has 84 valence electrons. The number of rotatable bonds is 3. The SMILES string of the molecule is N#Cc1cc(OCc2ccccc2)c(F)cn1. The summed E-state index contributed by atoms with van der Waals surface area (Å²) < 4.78 is 18.6. The summed E-state index contributed by atoms with van der Waals surface area (Å²) in [5.74, 6) is -0.527. The summed E-state index contributed by atoms with van der Waals surface area (Å²) in [5, 5.41) is 8.65. The number of halogens is 1. The molecule has 1 aromatic carbocycles. The molecule has 0 saturated carbocycles. The lowest BCUT2D eigenvalue weighted by Crippen LogP contribution is -1.98. The Morgan fingerprint density at radius 1 is 1.29 bits per heavy atom. The summed E-state index contributed by atoms with van der Waals surface area (Å²) in [5.41, 5.74) is 1.07. The molecule has 0 aliphatic rings. The van der Waals surface area contributed by atoms with E-state index in [-0.39, 0.29) is 18.1 Å². The van der Waals surface area contributed by atoms with Crippen molar-refractivity contribution in [1.29, 1.82) is 5.26 Å². The lowest BCUT2D eigenvalue weighted by molar-refractivity contribution is 0.289. The van der Waals surface area contributed by atoms with Crippen molar-refractivity contribution >= 4 is 0 Å². The molecule has 4 heteroatoms. The zero-order valence-electron chi connectivity index (χ0n) is 8.93. The number of aromatic nitrogens is 1. The van der Waals surface area contributed by atoms with Crippen LogP contribution in [0.5, 0.6) is 5.75 Å². The first-order valence-corrected chi connectivity index (χ1v) is 5.02. The molecule has 0 spiro atoms. The highest BCUT2D eigenvalue weighted by atomic mass is 19.1. The van der Waals surface area contributed by atoms with Gasteiger partial charge in [0.25, 0.3) is 0 Å². The molecule has 17 heavy (non-hydrogen) atoms. The molecule has 1 aromatic heterocycles. The Morgan fingerprint density at radius 3 is 2.76 bits per heavy atom. The van der Waals surface area contributed by atoms with Crippen molar-refractivity contribution in [2.75, 3.05) is 0 Å². The van der Waals surface area contributed by atoms with Crippen LogP contribution in [0.25, 0.3) is 0 Å². The van der Waals surface area contributed by atoms with Crippen molar-refractivity contribution in [3.8, 4) is 11.8 Å². The summed E-state index contributed by atoms with van der Waals surface area (Å²) >= 11 is 0. The maximum Gasteiger partial charge on any atom is 0.183 e. The third kappa shape index (κ3) is 2.79. The fourth-order valence-electron chi connectivity index (χ4n) is 1.33. The van der Waals surface area contributed by atoms with Gasteiger partial charge in [0.2, 0.25) is 0 Å². The Labute approximate surface area is 98.1 Å². The summed E-state index contributed by atoms with van der Waals surface area (Å²) in [6.07, 6.45) is 0.985. The van der Waals surface area contributed by atoms with E-state index in [2.05, 4.69) is 4.98 Å². The molecule has 2 aromatic rings. The van der Waals surface area contributed by atoms with E-state index < -0.39 is 5.82 Å². The lowest BCUT2D eigenvalue weighted by atomic mass is 10.2. The summed E-state index contributed by atoms with van der Waals surface area (Å²) in [7, 11) is 0. The number of nitriles is 1. The normalized spacial score (nSPS) is 9.65. The Kier molecular flexibility index (Phi) is 3.31. The van der Waals surface area contributed by atoms with E-state index in [9.17, 15) is 4.39 Å². The molecule has 0 N–H and O–H groups in total. The molecule has 0 unspecified atom stereocenters. The maximum absolute atomic E-state index is 13.3. The van der Waals surface area contributed by atoms with Crippen LogP contribution in [0.4, 0.5) is 4.39 Å². The highest BCUT2D eigenvalue weighted by Crippen LogP contribution is 2.17. The van der Waals surface area contributed by atoms with Gasteiger partial charge in [-0.15, -0.1) is 0 Å². The van der Waals surface area contributed by atoms with Crippen LogP contribution in [-0.2, 0) is 6.61 Å². The smallest absolute Gasteiger partial charge is 0.183 e. The second kappa shape index (κ2) is 5.08. The molecule has 0 aliphatic heterocycles. The van der Waals surface area contributed by atoms with Crippen LogP contribution in [0, 0.1) is 17.1 Å². The number of nitrogens with zero attached hydrogens (tertiary/aromatic N) is 2. The first kappa shape index (κ1) is 11.1. The van der Waals surface area contributed by atoms with E-state index in [1.54, 1.807) is 0 Å². The van der Waals surface area contributed by atoms with Crippen molar-refractivity contribution < 1.29 is 9.13 Å². The summed E-state index contributed by atoms with van der Waals surface area (Å²) in [6, 6.07) is 12.5. The molecule has 0 bridgehead atoms. The molecule has 1 heterocycles. The van der Waals surface area contributed by atoms with E-state index in [1.165, 1.54) is 6.07 Å². The molecular formula is C13H9FN2O. The van der Waals surface area contributed by atoms with Crippen molar-refractivity contribution in [2.24, 2.45) is 0 Å². The van der Waals surface area contributed by atoms with Crippen LogP contribution in [0.15, 0.2) is 42.6 Å². The minimum atomic E-state index is -0.570. The van der Waals surface area contributed by atoms with E-state index in [1.807, 2.05) is 36.4 Å². The van der Waals surface area contributed by atoms with Crippen LogP contribution >= 0.6 is 0 Å². The second-order valence-corrected chi connectivity index (χ2v) is 3.39. The van der Waals surface area contributed by atoms with Gasteiger partial charge in [-0.05, 0) is 5.56 Å². The van der Waals surface area contributed by atoms with E-state index >= 15 is 0 Å². The minimum absolute atomic E-state index is 0.0420. The lowest BCUT2D eigenvalue weighted by Gasteiger charge is -2.06. The quantitative estimate of drug-likeness (QED) is 0.811. The number of benzene rings is 1. The van der Waals surface area contributed by atoms with Crippen molar-refractivity contribution in [3.63, 3.8) is 0 Å². The average molecular weight is 228 g/mol. The predicted octanol–water partition coefficient (Wildman–Crippen LogP) is 2.67. The van der Waals surface area contributed by atoms with Crippen molar-refractivity contribution in [1.82, 2.24) is 4.98 Å². The number of hydrogen-bond acceptors (Lipinski definition) is 3. The molecule has 2 rings (SSSR count). The van der Waals surface area contributed by atoms with Gasteiger partial charge in [-0.3, -0.25) is 0 Å². The highest BCUT2D eigenvalue weighted by molar-refractivity contribution is 5.31. The highest BCUT2D eigenvalue weighted by Gasteiger charge is 2.06. The number of ether oxygens (including phenoxy) is 1. The predicted molar refractivity (Wildman–Crippen MR) is 59.7 cm³/mol. The molecule has 3 nitrogen and oxygen atoms in total. The number of pyridine rings is 1. The Hall–Kier alpha value is -2.41. The van der Waals surface area contributed by atoms with Gasteiger partial charge in [0.1, 0.15) is 18.4 Å². The third-order valence-corrected chi connectivity index (χ3v) is 2.17. The largest absolute Gasteiger partial charge is 0.486 e. The monoisotopic (exact) mass is 228 g/mol. The molecule has 0 amide bonds. The summed E-state index contributed by atoms with van der Waals surface area (Å²) in [4.78, 5) is 3.60. The average Bonchev–Trinajstić information content (AvgIpc) is 2.39. The standard InChI is InChI=1S/C13H9FN2O/c14-12-8-16-11(7-15)6-13(12)17-9-10-4-2-1-3-5-10/h1-6,8H,9H2.